The van der Waals surface area contributed by atoms with Gasteiger partial charge in [0, 0.05) is 16.8 Å². The lowest BCUT2D eigenvalue weighted by atomic mass is 10.0. The Labute approximate surface area is 131 Å². The molecule has 110 valence electrons. The van der Waals surface area contributed by atoms with Crippen molar-refractivity contribution >= 4 is 17.5 Å². The van der Waals surface area contributed by atoms with E-state index in [1.54, 1.807) is 29.1 Å². The van der Waals surface area contributed by atoms with E-state index in [4.69, 9.17) is 17.3 Å². The summed E-state index contributed by atoms with van der Waals surface area (Å²) in [4.78, 5) is 11.1. The number of carbonyl (C=O) groups is 1. The van der Waals surface area contributed by atoms with Crippen LogP contribution in [0.4, 0.5) is 0 Å². The molecule has 5 nitrogen and oxygen atoms in total. The quantitative estimate of drug-likeness (QED) is 0.780. The lowest BCUT2D eigenvalue weighted by Crippen LogP contribution is -2.09. The largest absolute Gasteiger partial charge is 0.507 e. The van der Waals surface area contributed by atoms with E-state index in [9.17, 15) is 9.90 Å². The molecule has 3 rings (SSSR count). The minimum atomic E-state index is -0.522. The molecule has 0 bridgehead atoms. The number of primary amides is 1. The molecule has 6 heteroatoms. The van der Waals surface area contributed by atoms with E-state index in [1.807, 2.05) is 24.3 Å². The highest BCUT2D eigenvalue weighted by molar-refractivity contribution is 6.31. The van der Waals surface area contributed by atoms with E-state index in [1.165, 1.54) is 6.20 Å². The first-order valence-electron chi connectivity index (χ1n) is 6.48. The third-order valence-electron chi connectivity index (χ3n) is 3.27. The van der Waals surface area contributed by atoms with Crippen molar-refractivity contribution in [3.8, 4) is 22.6 Å². The van der Waals surface area contributed by atoms with Crippen LogP contribution in [0, 0.1) is 0 Å². The van der Waals surface area contributed by atoms with E-state index in [0.29, 0.717) is 16.1 Å². The van der Waals surface area contributed by atoms with Crippen LogP contribution in [0.1, 0.15) is 10.4 Å². The maximum atomic E-state index is 11.1. The van der Waals surface area contributed by atoms with E-state index >= 15 is 0 Å². The Kier molecular flexibility index (Phi) is 3.56. The van der Waals surface area contributed by atoms with Gasteiger partial charge in [0.1, 0.15) is 5.75 Å². The molecule has 0 radical (unpaired) electrons. The molecule has 0 unspecified atom stereocenters. The van der Waals surface area contributed by atoms with Gasteiger partial charge in [-0.15, -0.1) is 0 Å². The molecule has 0 spiro atoms. The second-order valence-corrected chi connectivity index (χ2v) is 5.18. The summed E-state index contributed by atoms with van der Waals surface area (Å²) in [6.07, 6.45) is 2.98. The molecule has 0 aliphatic heterocycles. The monoisotopic (exact) mass is 313 g/mol. The van der Waals surface area contributed by atoms with Crippen LogP contribution in [0.15, 0.2) is 54.9 Å². The molecule has 3 aromatic rings. The number of nitrogens with zero attached hydrogens (tertiary/aromatic N) is 2. The highest BCUT2D eigenvalue weighted by atomic mass is 35.5. The number of aromatic nitrogens is 2. The number of hydrogen-bond acceptors (Lipinski definition) is 3. The van der Waals surface area contributed by atoms with E-state index in [2.05, 4.69) is 5.10 Å². The fourth-order valence-corrected chi connectivity index (χ4v) is 2.30. The first-order valence-corrected chi connectivity index (χ1v) is 6.86. The summed E-state index contributed by atoms with van der Waals surface area (Å²) >= 11 is 5.96. The third-order valence-corrected chi connectivity index (χ3v) is 3.50. The van der Waals surface area contributed by atoms with Crippen molar-refractivity contribution in [2.45, 2.75) is 0 Å². The number of carbonyl (C=O) groups excluding carboxylic acids is 1. The maximum absolute atomic E-state index is 11.1. The normalized spacial score (nSPS) is 10.6. The summed E-state index contributed by atoms with van der Waals surface area (Å²) in [5.74, 6) is -0.362. The lowest BCUT2D eigenvalue weighted by molar-refractivity contribution is 0.100. The fraction of sp³-hybridized carbons (Fsp3) is 0. The van der Waals surface area contributed by atoms with Gasteiger partial charge in [0.25, 0.3) is 5.91 Å². The van der Waals surface area contributed by atoms with Crippen LogP contribution in [-0.2, 0) is 0 Å². The van der Waals surface area contributed by atoms with Crippen molar-refractivity contribution < 1.29 is 9.90 Å². The molecular formula is C16H12ClN3O2. The first kappa shape index (κ1) is 14.2. The van der Waals surface area contributed by atoms with Crippen LogP contribution in [0.2, 0.25) is 5.02 Å². The zero-order valence-corrected chi connectivity index (χ0v) is 12.2. The van der Waals surface area contributed by atoms with Crippen LogP contribution in [0.5, 0.6) is 5.75 Å². The minimum Gasteiger partial charge on any atom is -0.507 e. The van der Waals surface area contributed by atoms with Gasteiger partial charge in [-0.05, 0) is 35.9 Å². The standard InChI is InChI=1S/C16H12ClN3O2/c17-12-3-6-15(21)14(7-12)10-1-4-13(5-2-10)20-9-11(8-19-20)16(18)22/h1-9,21H,(H2,18,22). The fourth-order valence-electron chi connectivity index (χ4n) is 2.12. The second-order valence-electron chi connectivity index (χ2n) is 4.75. The number of phenols is 1. The molecule has 0 aliphatic carbocycles. The van der Waals surface area contributed by atoms with Crippen LogP contribution in [0.3, 0.4) is 0 Å². The Balaban J connectivity index is 1.95. The van der Waals surface area contributed by atoms with Crippen LogP contribution in [0.25, 0.3) is 16.8 Å². The molecule has 0 aliphatic rings. The summed E-state index contributed by atoms with van der Waals surface area (Å²) in [6, 6.07) is 12.2. The van der Waals surface area contributed by atoms with Gasteiger partial charge in [-0.1, -0.05) is 23.7 Å². The van der Waals surface area contributed by atoms with Gasteiger partial charge in [-0.25, -0.2) is 4.68 Å². The van der Waals surface area contributed by atoms with E-state index < -0.39 is 5.91 Å². The number of benzene rings is 2. The topological polar surface area (TPSA) is 81.1 Å². The average molecular weight is 314 g/mol. The Morgan fingerprint density at radius 3 is 2.55 bits per heavy atom. The molecule has 2 aromatic carbocycles. The molecule has 3 N–H and O–H groups in total. The predicted molar refractivity (Wildman–Crippen MR) is 84.2 cm³/mol. The van der Waals surface area contributed by atoms with Crippen molar-refractivity contribution in [2.24, 2.45) is 5.73 Å². The molecule has 0 atom stereocenters. The molecule has 22 heavy (non-hydrogen) atoms. The summed E-state index contributed by atoms with van der Waals surface area (Å²) in [5, 5.41) is 14.5. The minimum absolute atomic E-state index is 0.159. The third kappa shape index (κ3) is 2.66. The predicted octanol–water partition coefficient (Wildman–Crippen LogP) is 3.00. The molecule has 0 fully saturated rings. The van der Waals surface area contributed by atoms with Gasteiger partial charge < -0.3 is 10.8 Å². The highest BCUT2D eigenvalue weighted by Gasteiger charge is 2.08. The van der Waals surface area contributed by atoms with Crippen molar-refractivity contribution in [1.82, 2.24) is 9.78 Å². The number of halogens is 1. The number of phenolic OH excluding ortho intramolecular Hbond substituents is 1. The van der Waals surface area contributed by atoms with Gasteiger partial charge in [0.15, 0.2) is 0 Å². The number of aromatic hydroxyl groups is 1. The van der Waals surface area contributed by atoms with E-state index in [0.717, 1.165) is 11.3 Å². The van der Waals surface area contributed by atoms with Gasteiger partial charge in [-0.2, -0.15) is 5.10 Å². The maximum Gasteiger partial charge on any atom is 0.251 e. The molecule has 1 heterocycles. The number of rotatable bonds is 3. The molecule has 1 amide bonds. The van der Waals surface area contributed by atoms with Crippen molar-refractivity contribution in [3.05, 3.63) is 65.4 Å². The van der Waals surface area contributed by atoms with Crippen molar-refractivity contribution in [2.75, 3.05) is 0 Å². The van der Waals surface area contributed by atoms with Crippen LogP contribution < -0.4 is 5.73 Å². The molecule has 0 saturated heterocycles. The smallest absolute Gasteiger partial charge is 0.251 e. The van der Waals surface area contributed by atoms with Gasteiger partial charge in [0.2, 0.25) is 0 Å². The molecular weight excluding hydrogens is 302 g/mol. The van der Waals surface area contributed by atoms with E-state index in [-0.39, 0.29) is 5.75 Å². The van der Waals surface area contributed by atoms with Crippen molar-refractivity contribution in [1.29, 1.82) is 0 Å². The number of amides is 1. The summed E-state index contributed by atoms with van der Waals surface area (Å²) in [5.41, 5.74) is 7.80. The number of nitrogens with two attached hydrogens (primary N) is 1. The molecule has 1 aromatic heterocycles. The average Bonchev–Trinajstić information content (AvgIpc) is 3.00. The van der Waals surface area contributed by atoms with Crippen LogP contribution >= 0.6 is 11.6 Å². The Morgan fingerprint density at radius 2 is 1.91 bits per heavy atom. The Bertz CT molecular complexity index is 841. The molecule has 0 saturated carbocycles. The first-order chi connectivity index (χ1) is 10.5. The van der Waals surface area contributed by atoms with Gasteiger partial charge in [-0.3, -0.25) is 4.79 Å². The van der Waals surface area contributed by atoms with Gasteiger partial charge >= 0.3 is 0 Å². The highest BCUT2D eigenvalue weighted by Crippen LogP contribution is 2.32. The van der Waals surface area contributed by atoms with Crippen LogP contribution in [-0.4, -0.2) is 20.8 Å². The lowest BCUT2D eigenvalue weighted by Gasteiger charge is -2.07. The zero-order chi connectivity index (χ0) is 15.7. The SMILES string of the molecule is NC(=O)c1cnn(-c2ccc(-c3cc(Cl)ccc3O)cc2)c1. The van der Waals surface area contributed by atoms with Gasteiger partial charge in [0.05, 0.1) is 17.4 Å². The number of hydrogen-bond donors (Lipinski definition) is 2. The van der Waals surface area contributed by atoms with Crippen molar-refractivity contribution in [3.63, 3.8) is 0 Å². The Hall–Kier alpha value is -2.79. The summed E-state index contributed by atoms with van der Waals surface area (Å²) < 4.78 is 1.56. The second kappa shape index (κ2) is 5.54. The Morgan fingerprint density at radius 1 is 1.18 bits per heavy atom. The summed E-state index contributed by atoms with van der Waals surface area (Å²) in [6.45, 7) is 0. The summed E-state index contributed by atoms with van der Waals surface area (Å²) in [7, 11) is 0. The zero-order valence-electron chi connectivity index (χ0n) is 11.4.